The molecule has 2 heterocycles. The molecule has 6 nitrogen and oxygen atoms in total. The van der Waals surface area contributed by atoms with Gasteiger partial charge in [-0.1, -0.05) is 29.8 Å². The van der Waals surface area contributed by atoms with Gasteiger partial charge in [-0.3, -0.25) is 9.80 Å². The quantitative estimate of drug-likeness (QED) is 0.434. The van der Waals surface area contributed by atoms with Crippen LogP contribution in [0.4, 0.5) is 10.1 Å². The van der Waals surface area contributed by atoms with E-state index in [1.54, 1.807) is 12.1 Å². The number of rotatable bonds is 6. The van der Waals surface area contributed by atoms with Crippen LogP contribution in [0.15, 0.2) is 65.8 Å². The lowest BCUT2D eigenvalue weighted by Crippen LogP contribution is -2.33. The van der Waals surface area contributed by atoms with Crippen molar-refractivity contribution in [2.75, 3.05) is 31.2 Å². The molecule has 8 heteroatoms. The van der Waals surface area contributed by atoms with Crippen LogP contribution < -0.4 is 10.3 Å². The first-order valence-electron chi connectivity index (χ1n) is 13.5. The van der Waals surface area contributed by atoms with E-state index in [0.29, 0.717) is 22.7 Å². The van der Waals surface area contributed by atoms with Crippen molar-refractivity contribution in [2.45, 2.75) is 31.7 Å². The Kier molecular flexibility index (Phi) is 7.07. The van der Waals surface area contributed by atoms with Crippen molar-refractivity contribution in [1.82, 2.24) is 10.2 Å². The number of hydrogen-bond acceptors (Lipinski definition) is 5. The molecule has 0 aromatic heterocycles. The third-order valence-corrected chi connectivity index (χ3v) is 8.35. The monoisotopic (exact) mass is 541 g/mol. The number of nitriles is 1. The summed E-state index contributed by atoms with van der Waals surface area (Å²) in [6, 6.07) is 19.7. The number of hydrogen-bond donors (Lipinski definition) is 1. The van der Waals surface area contributed by atoms with Crippen LogP contribution in [-0.2, 0) is 6.42 Å². The summed E-state index contributed by atoms with van der Waals surface area (Å²) in [5.41, 5.74) is 5.89. The number of carbonyl (C=O) groups is 1. The Balaban J connectivity index is 1.29. The molecule has 2 atom stereocenters. The zero-order chi connectivity index (χ0) is 26.9. The summed E-state index contributed by atoms with van der Waals surface area (Å²) in [7, 11) is 0. The molecule has 1 N–H and O–H groups in total. The van der Waals surface area contributed by atoms with Crippen LogP contribution in [-0.4, -0.2) is 42.7 Å². The molecule has 1 saturated heterocycles. The van der Waals surface area contributed by atoms with Gasteiger partial charge in [0, 0.05) is 30.1 Å². The number of likely N-dealkylation sites (tertiary alicyclic amines) is 1. The van der Waals surface area contributed by atoms with Gasteiger partial charge in [0.05, 0.1) is 28.0 Å². The summed E-state index contributed by atoms with van der Waals surface area (Å²) in [4.78, 5) is 15.3. The molecule has 2 aliphatic heterocycles. The van der Waals surface area contributed by atoms with E-state index in [9.17, 15) is 14.4 Å². The summed E-state index contributed by atoms with van der Waals surface area (Å²) in [5, 5.41) is 19.8. The van der Waals surface area contributed by atoms with Gasteiger partial charge < -0.3 is 10.2 Å². The van der Waals surface area contributed by atoms with Crippen molar-refractivity contribution in [3.8, 4) is 6.07 Å². The molecule has 1 amide bonds. The number of halogens is 2. The van der Waals surface area contributed by atoms with Gasteiger partial charge in [-0.25, -0.2) is 4.39 Å². The Morgan fingerprint density at radius 3 is 2.64 bits per heavy atom. The van der Waals surface area contributed by atoms with Gasteiger partial charge >= 0.3 is 0 Å². The smallest absolute Gasteiger partial charge is 0.251 e. The molecule has 0 radical (unpaired) electrons. The minimum Gasteiger partial charge on any atom is -0.351 e. The van der Waals surface area contributed by atoms with Gasteiger partial charge in [-0.15, -0.1) is 0 Å². The van der Waals surface area contributed by atoms with Crippen molar-refractivity contribution >= 4 is 28.9 Å². The lowest BCUT2D eigenvalue weighted by atomic mass is 9.77. The largest absolute Gasteiger partial charge is 0.351 e. The van der Waals surface area contributed by atoms with Crippen LogP contribution in [0.25, 0.3) is 0 Å². The molecule has 3 aromatic carbocycles. The van der Waals surface area contributed by atoms with E-state index in [2.05, 4.69) is 16.3 Å². The van der Waals surface area contributed by atoms with Gasteiger partial charge in [0.25, 0.3) is 5.91 Å². The Morgan fingerprint density at radius 2 is 1.90 bits per heavy atom. The van der Waals surface area contributed by atoms with E-state index in [1.165, 1.54) is 25.0 Å². The van der Waals surface area contributed by atoms with Crippen LogP contribution in [0.5, 0.6) is 0 Å². The molecule has 0 spiro atoms. The second-order valence-electron chi connectivity index (χ2n) is 10.4. The summed E-state index contributed by atoms with van der Waals surface area (Å²) >= 11 is 6.39. The van der Waals surface area contributed by atoms with Crippen LogP contribution in [0.3, 0.4) is 0 Å². The summed E-state index contributed by atoms with van der Waals surface area (Å²) in [6.07, 6.45) is 4.13. The molecule has 1 aliphatic carbocycles. The lowest BCUT2D eigenvalue weighted by Gasteiger charge is -2.31. The molecule has 2 unspecified atom stereocenters. The van der Waals surface area contributed by atoms with Gasteiger partial charge in [-0.05, 0) is 92.4 Å². The number of benzene rings is 3. The Labute approximate surface area is 232 Å². The Bertz CT molecular complexity index is 1480. The van der Waals surface area contributed by atoms with Crippen molar-refractivity contribution < 1.29 is 9.18 Å². The number of nitrogens with one attached hydrogen (secondary N) is 1. The molecule has 6 rings (SSSR count). The molecular weight excluding hydrogens is 513 g/mol. The fraction of sp³-hybridized carbons (Fsp3) is 0.323. The predicted octanol–water partition coefficient (Wildman–Crippen LogP) is 5.70. The summed E-state index contributed by atoms with van der Waals surface area (Å²) in [5.74, 6) is -0.255. The summed E-state index contributed by atoms with van der Waals surface area (Å²) < 4.78 is 13.8. The second kappa shape index (κ2) is 10.8. The maximum Gasteiger partial charge on any atom is 0.251 e. The van der Waals surface area contributed by atoms with Crippen molar-refractivity contribution in [2.24, 2.45) is 11.0 Å². The average Bonchev–Trinajstić information content (AvgIpc) is 3.61. The maximum atomic E-state index is 13.8. The van der Waals surface area contributed by atoms with Crippen molar-refractivity contribution in [3.63, 3.8) is 0 Å². The number of nitrogens with zero attached hydrogens (tertiary/aromatic N) is 4. The van der Waals surface area contributed by atoms with Crippen LogP contribution in [0.2, 0.25) is 5.02 Å². The molecule has 0 saturated carbocycles. The number of anilines is 1. The zero-order valence-corrected chi connectivity index (χ0v) is 22.3. The standard InChI is InChI=1S/C31H29ClFN5O/c32-28-18-25(10-5-23(28)19-34)38-30(20-3-8-24(33)9-4-20)27-12-6-21-17-22(7-11-26(21)29(27)36-38)31(39)35-13-16-37-14-1-2-15-37/h3-5,7-11,17-18,27,30H,1-2,6,12-16H2,(H,35,39). The number of amides is 1. The number of aryl methyl sites for hydroxylation is 1. The highest BCUT2D eigenvalue weighted by Crippen LogP contribution is 2.46. The van der Waals surface area contributed by atoms with E-state index in [4.69, 9.17) is 16.7 Å². The highest BCUT2D eigenvalue weighted by atomic mass is 35.5. The average molecular weight is 542 g/mol. The van der Waals surface area contributed by atoms with Crippen LogP contribution >= 0.6 is 11.6 Å². The summed E-state index contributed by atoms with van der Waals surface area (Å²) in [6.45, 7) is 3.76. The lowest BCUT2D eigenvalue weighted by molar-refractivity contribution is 0.0949. The number of hydrazone groups is 1. The topological polar surface area (TPSA) is 71.7 Å². The van der Waals surface area contributed by atoms with E-state index in [-0.39, 0.29) is 23.7 Å². The van der Waals surface area contributed by atoms with Crippen molar-refractivity contribution in [1.29, 1.82) is 5.26 Å². The Morgan fingerprint density at radius 1 is 1.10 bits per heavy atom. The Hall–Kier alpha value is -3.73. The van der Waals surface area contributed by atoms with E-state index < -0.39 is 0 Å². The molecular formula is C31H29ClFN5O. The molecule has 0 bridgehead atoms. The predicted molar refractivity (Wildman–Crippen MR) is 151 cm³/mol. The fourth-order valence-corrected chi connectivity index (χ4v) is 6.27. The minimum absolute atomic E-state index is 0.0504. The second-order valence-corrected chi connectivity index (χ2v) is 10.8. The first-order valence-corrected chi connectivity index (χ1v) is 13.9. The highest BCUT2D eigenvalue weighted by molar-refractivity contribution is 6.32. The van der Waals surface area contributed by atoms with Crippen LogP contribution in [0.1, 0.15) is 57.9 Å². The maximum absolute atomic E-state index is 13.8. The third-order valence-electron chi connectivity index (χ3n) is 8.04. The number of fused-ring (bicyclic) bond motifs is 3. The molecule has 39 heavy (non-hydrogen) atoms. The first-order chi connectivity index (χ1) is 19.0. The number of carbonyl (C=O) groups excluding carboxylic acids is 1. The molecule has 3 aromatic rings. The van der Waals surface area contributed by atoms with Gasteiger partial charge in [0.2, 0.25) is 0 Å². The normalized spacial score (nSPS) is 20.2. The van der Waals surface area contributed by atoms with Gasteiger partial charge in [0.15, 0.2) is 0 Å². The molecule has 3 aliphatic rings. The zero-order valence-electron chi connectivity index (χ0n) is 21.5. The minimum atomic E-state index is -0.286. The third kappa shape index (κ3) is 5.03. The molecule has 1 fully saturated rings. The van der Waals surface area contributed by atoms with E-state index >= 15 is 0 Å². The van der Waals surface area contributed by atoms with E-state index in [1.807, 2.05) is 41.4 Å². The molecule has 198 valence electrons. The van der Waals surface area contributed by atoms with Crippen LogP contribution in [0, 0.1) is 23.1 Å². The highest BCUT2D eigenvalue weighted by Gasteiger charge is 2.42. The van der Waals surface area contributed by atoms with Gasteiger partial charge in [-0.2, -0.15) is 10.4 Å². The first kappa shape index (κ1) is 25.5. The SMILES string of the molecule is N#Cc1ccc(N2N=C3c4ccc(C(=O)NCCN5CCCC5)cc4CCC3C2c2ccc(F)cc2)cc1Cl. The van der Waals surface area contributed by atoms with Gasteiger partial charge in [0.1, 0.15) is 11.9 Å². The van der Waals surface area contributed by atoms with E-state index in [0.717, 1.165) is 60.6 Å². The van der Waals surface area contributed by atoms with Crippen molar-refractivity contribution in [3.05, 3.63) is 99.3 Å². The fourth-order valence-electron chi connectivity index (χ4n) is 6.05.